The zero-order valence-corrected chi connectivity index (χ0v) is 11.3. The Kier molecular flexibility index (Phi) is 6.05. The molecule has 1 N–H and O–H groups in total. The summed E-state index contributed by atoms with van der Waals surface area (Å²) in [5.41, 5.74) is 0.580. The van der Waals surface area contributed by atoms with E-state index in [1.54, 1.807) is 25.3 Å². The lowest BCUT2D eigenvalue weighted by atomic mass is 10.2. The van der Waals surface area contributed by atoms with Crippen LogP contribution in [-0.4, -0.2) is 26.2 Å². The van der Waals surface area contributed by atoms with E-state index < -0.39 is 0 Å². The summed E-state index contributed by atoms with van der Waals surface area (Å²) >= 11 is 0. The van der Waals surface area contributed by atoms with Gasteiger partial charge in [-0.15, -0.1) is 0 Å². The first-order chi connectivity index (χ1) is 8.72. The summed E-state index contributed by atoms with van der Waals surface area (Å²) in [5, 5.41) is 2.75. The van der Waals surface area contributed by atoms with Crippen LogP contribution in [0.2, 0.25) is 0 Å². The first-order valence-corrected chi connectivity index (χ1v) is 6.32. The van der Waals surface area contributed by atoms with Crippen molar-refractivity contribution in [3.05, 3.63) is 23.8 Å². The molecular formula is C14H21NO3. The summed E-state index contributed by atoms with van der Waals surface area (Å²) in [5.74, 6) is 1.17. The normalized spacial score (nSPS) is 9.94. The Hall–Kier alpha value is -1.71. The van der Waals surface area contributed by atoms with E-state index in [0.717, 1.165) is 12.8 Å². The second-order valence-electron chi connectivity index (χ2n) is 3.93. The summed E-state index contributed by atoms with van der Waals surface area (Å²) in [4.78, 5) is 11.7. The Morgan fingerprint density at radius 1 is 1.28 bits per heavy atom. The zero-order valence-electron chi connectivity index (χ0n) is 11.3. The second kappa shape index (κ2) is 7.58. The van der Waals surface area contributed by atoms with E-state index in [4.69, 9.17) is 9.47 Å². The van der Waals surface area contributed by atoms with Gasteiger partial charge in [0.15, 0.2) is 11.5 Å². The lowest BCUT2D eigenvalue weighted by Crippen LogP contribution is -2.22. The quantitative estimate of drug-likeness (QED) is 0.758. The van der Waals surface area contributed by atoms with Gasteiger partial charge in [-0.3, -0.25) is 4.79 Å². The third kappa shape index (κ3) is 3.95. The Labute approximate surface area is 108 Å². The Bertz CT molecular complexity index is 391. The zero-order chi connectivity index (χ0) is 13.4. The molecule has 0 unspecified atom stereocenters. The molecule has 0 aromatic heterocycles. The van der Waals surface area contributed by atoms with Crippen LogP contribution in [0.4, 0.5) is 0 Å². The highest BCUT2D eigenvalue weighted by molar-refractivity contribution is 5.94. The summed E-state index contributed by atoms with van der Waals surface area (Å²) in [6, 6.07) is 5.22. The van der Waals surface area contributed by atoms with Gasteiger partial charge in [-0.25, -0.2) is 0 Å². The third-order valence-corrected chi connectivity index (χ3v) is 2.52. The molecule has 0 aliphatic carbocycles. The Morgan fingerprint density at radius 2 is 2.06 bits per heavy atom. The van der Waals surface area contributed by atoms with E-state index in [9.17, 15) is 4.79 Å². The van der Waals surface area contributed by atoms with Crippen molar-refractivity contribution in [3.8, 4) is 11.5 Å². The number of benzene rings is 1. The largest absolute Gasteiger partial charge is 0.493 e. The Morgan fingerprint density at radius 3 is 2.67 bits per heavy atom. The monoisotopic (exact) mass is 251 g/mol. The molecule has 18 heavy (non-hydrogen) atoms. The number of hydrogen-bond acceptors (Lipinski definition) is 3. The minimum atomic E-state index is -0.101. The molecule has 1 rings (SSSR count). The smallest absolute Gasteiger partial charge is 0.251 e. The summed E-state index contributed by atoms with van der Waals surface area (Å²) in [6.07, 6.45) is 2.08. The first kappa shape index (κ1) is 14.4. The average molecular weight is 251 g/mol. The van der Waals surface area contributed by atoms with Crippen LogP contribution in [-0.2, 0) is 0 Å². The number of carbonyl (C=O) groups is 1. The van der Waals surface area contributed by atoms with Gasteiger partial charge in [0.05, 0.1) is 13.7 Å². The van der Waals surface area contributed by atoms with Crippen molar-refractivity contribution >= 4 is 5.91 Å². The average Bonchev–Trinajstić information content (AvgIpc) is 2.39. The van der Waals surface area contributed by atoms with E-state index in [0.29, 0.717) is 30.2 Å². The predicted octanol–water partition coefficient (Wildman–Crippen LogP) is 2.62. The fraction of sp³-hybridized carbons (Fsp3) is 0.500. The van der Waals surface area contributed by atoms with E-state index in [-0.39, 0.29) is 5.91 Å². The van der Waals surface area contributed by atoms with Crippen molar-refractivity contribution in [1.82, 2.24) is 5.32 Å². The van der Waals surface area contributed by atoms with Gasteiger partial charge in [0, 0.05) is 12.1 Å². The van der Waals surface area contributed by atoms with E-state index in [1.165, 1.54) is 0 Å². The molecule has 0 fully saturated rings. The molecule has 0 radical (unpaired) electrons. The minimum absolute atomic E-state index is 0.101. The van der Waals surface area contributed by atoms with Gasteiger partial charge in [-0.05, 0) is 31.5 Å². The number of amides is 1. The van der Waals surface area contributed by atoms with Crippen molar-refractivity contribution in [2.45, 2.75) is 26.7 Å². The summed E-state index contributed by atoms with van der Waals surface area (Å²) in [6.45, 7) is 5.26. The van der Waals surface area contributed by atoms with Crippen molar-refractivity contribution in [2.75, 3.05) is 20.3 Å². The summed E-state index contributed by atoms with van der Waals surface area (Å²) in [7, 11) is 1.57. The van der Waals surface area contributed by atoms with Gasteiger partial charge in [0.1, 0.15) is 0 Å². The highest BCUT2D eigenvalue weighted by Gasteiger charge is 2.10. The van der Waals surface area contributed by atoms with Gasteiger partial charge in [0.25, 0.3) is 5.91 Å². The number of methoxy groups -OCH3 is 1. The van der Waals surface area contributed by atoms with E-state index in [2.05, 4.69) is 12.2 Å². The molecule has 1 aromatic rings. The van der Waals surface area contributed by atoms with Gasteiger partial charge in [-0.2, -0.15) is 0 Å². The molecule has 4 nitrogen and oxygen atoms in total. The van der Waals surface area contributed by atoms with Crippen molar-refractivity contribution < 1.29 is 14.3 Å². The number of unbranched alkanes of at least 4 members (excludes halogenated alkanes) is 1. The molecular weight excluding hydrogens is 230 g/mol. The molecule has 0 saturated carbocycles. The predicted molar refractivity (Wildman–Crippen MR) is 71.4 cm³/mol. The van der Waals surface area contributed by atoms with Crippen LogP contribution in [0.1, 0.15) is 37.0 Å². The fourth-order valence-corrected chi connectivity index (χ4v) is 1.52. The van der Waals surface area contributed by atoms with Crippen molar-refractivity contribution in [3.63, 3.8) is 0 Å². The van der Waals surface area contributed by atoms with Crippen molar-refractivity contribution in [1.29, 1.82) is 0 Å². The number of ether oxygens (including phenoxy) is 2. The highest BCUT2D eigenvalue weighted by Crippen LogP contribution is 2.28. The van der Waals surface area contributed by atoms with Gasteiger partial charge in [-0.1, -0.05) is 13.3 Å². The maximum Gasteiger partial charge on any atom is 0.251 e. The SMILES string of the molecule is CCCCOc1ccc(C(=O)NCC)cc1OC. The molecule has 4 heteroatoms. The second-order valence-corrected chi connectivity index (χ2v) is 3.93. The van der Waals surface area contributed by atoms with Crippen LogP contribution in [0, 0.1) is 0 Å². The van der Waals surface area contributed by atoms with Crippen LogP contribution in [0.3, 0.4) is 0 Å². The Balaban J connectivity index is 2.79. The first-order valence-electron chi connectivity index (χ1n) is 6.32. The molecule has 0 atom stereocenters. The fourth-order valence-electron chi connectivity index (χ4n) is 1.52. The molecule has 0 bridgehead atoms. The molecule has 100 valence electrons. The number of carbonyl (C=O) groups excluding carboxylic acids is 1. The molecule has 0 aliphatic heterocycles. The molecule has 0 aliphatic rings. The van der Waals surface area contributed by atoms with Crippen molar-refractivity contribution in [2.24, 2.45) is 0 Å². The number of rotatable bonds is 7. The maximum absolute atomic E-state index is 11.7. The minimum Gasteiger partial charge on any atom is -0.493 e. The standard InChI is InChI=1S/C14H21NO3/c1-4-6-9-18-12-8-7-11(10-13(12)17-3)14(16)15-5-2/h7-8,10H,4-6,9H2,1-3H3,(H,15,16). The molecule has 1 amide bonds. The molecule has 0 heterocycles. The van der Waals surface area contributed by atoms with Gasteiger partial charge >= 0.3 is 0 Å². The highest BCUT2D eigenvalue weighted by atomic mass is 16.5. The third-order valence-electron chi connectivity index (χ3n) is 2.52. The van der Waals surface area contributed by atoms with Gasteiger partial charge in [0.2, 0.25) is 0 Å². The molecule has 0 spiro atoms. The molecule has 0 saturated heterocycles. The maximum atomic E-state index is 11.7. The van der Waals surface area contributed by atoms with E-state index >= 15 is 0 Å². The van der Waals surface area contributed by atoms with Crippen LogP contribution in [0.25, 0.3) is 0 Å². The molecule has 1 aromatic carbocycles. The number of nitrogens with one attached hydrogen (secondary N) is 1. The lowest BCUT2D eigenvalue weighted by Gasteiger charge is -2.11. The summed E-state index contributed by atoms with van der Waals surface area (Å²) < 4.78 is 10.8. The van der Waals surface area contributed by atoms with E-state index in [1.807, 2.05) is 6.92 Å². The lowest BCUT2D eigenvalue weighted by molar-refractivity contribution is 0.0955. The number of hydrogen-bond donors (Lipinski definition) is 1. The van der Waals surface area contributed by atoms with Crippen LogP contribution in [0.5, 0.6) is 11.5 Å². The van der Waals surface area contributed by atoms with Crippen LogP contribution >= 0.6 is 0 Å². The topological polar surface area (TPSA) is 47.6 Å². The van der Waals surface area contributed by atoms with Crippen LogP contribution < -0.4 is 14.8 Å². The van der Waals surface area contributed by atoms with Gasteiger partial charge < -0.3 is 14.8 Å². The van der Waals surface area contributed by atoms with Crippen LogP contribution in [0.15, 0.2) is 18.2 Å².